The van der Waals surface area contributed by atoms with Gasteiger partial charge in [-0.3, -0.25) is 0 Å². The fourth-order valence-electron chi connectivity index (χ4n) is 3.05. The van der Waals surface area contributed by atoms with Gasteiger partial charge in [-0.15, -0.1) is 0 Å². The van der Waals surface area contributed by atoms with Crippen LogP contribution in [0.2, 0.25) is 5.02 Å². The first kappa shape index (κ1) is 21.9. The summed E-state index contributed by atoms with van der Waals surface area (Å²) in [5.41, 5.74) is 1.42. The summed E-state index contributed by atoms with van der Waals surface area (Å²) in [7, 11) is 2.99. The van der Waals surface area contributed by atoms with Crippen LogP contribution >= 0.6 is 11.6 Å². The van der Waals surface area contributed by atoms with Crippen LogP contribution in [0.5, 0.6) is 11.5 Å². The number of allylic oxidation sites excluding steroid dienone is 1. The van der Waals surface area contributed by atoms with Crippen molar-refractivity contribution in [2.45, 2.75) is 52.2 Å². The summed E-state index contributed by atoms with van der Waals surface area (Å²) in [4.78, 5) is 25.2. The molecule has 28 heavy (non-hydrogen) atoms. The third kappa shape index (κ3) is 4.70. The quantitative estimate of drug-likeness (QED) is 0.630. The van der Waals surface area contributed by atoms with Crippen molar-refractivity contribution >= 4 is 23.6 Å². The van der Waals surface area contributed by atoms with Crippen LogP contribution in [0.15, 0.2) is 23.4 Å². The Morgan fingerprint density at radius 2 is 1.96 bits per heavy atom. The molecule has 0 saturated heterocycles. The van der Waals surface area contributed by atoms with E-state index >= 15 is 0 Å². The van der Waals surface area contributed by atoms with Gasteiger partial charge in [0.2, 0.25) is 0 Å². The summed E-state index contributed by atoms with van der Waals surface area (Å²) in [6.45, 7) is 5.59. The molecule has 1 atom stereocenters. The topological polar surface area (TPSA) is 85.9 Å². The third-order valence-corrected chi connectivity index (χ3v) is 4.71. The van der Waals surface area contributed by atoms with Gasteiger partial charge in [-0.25, -0.2) is 9.59 Å². The van der Waals surface area contributed by atoms with E-state index in [4.69, 9.17) is 25.8 Å². The summed E-state index contributed by atoms with van der Waals surface area (Å²) in [5.74, 6) is 0.295. The van der Waals surface area contributed by atoms with Crippen molar-refractivity contribution in [1.29, 1.82) is 0 Å². The molecule has 1 heterocycles. The molecule has 2 amide bonds. The van der Waals surface area contributed by atoms with E-state index in [9.17, 15) is 9.59 Å². The van der Waals surface area contributed by atoms with Gasteiger partial charge < -0.3 is 24.8 Å². The normalized spacial score (nSPS) is 16.5. The Morgan fingerprint density at radius 1 is 1.25 bits per heavy atom. The molecule has 7 nitrogen and oxygen atoms in total. The molecule has 1 aromatic rings. The van der Waals surface area contributed by atoms with Crippen LogP contribution in [0.1, 0.15) is 51.6 Å². The number of carbonyl (C=O) groups excluding carboxylic acids is 2. The number of nitrogens with one attached hydrogen (secondary N) is 2. The molecule has 2 N–H and O–H groups in total. The Kier molecular flexibility index (Phi) is 7.57. The van der Waals surface area contributed by atoms with Gasteiger partial charge in [0.1, 0.15) is 0 Å². The van der Waals surface area contributed by atoms with Crippen molar-refractivity contribution in [3.05, 3.63) is 34.0 Å². The fourth-order valence-corrected chi connectivity index (χ4v) is 3.39. The van der Waals surface area contributed by atoms with Crippen LogP contribution in [0.25, 0.3) is 0 Å². The summed E-state index contributed by atoms with van der Waals surface area (Å²) in [5, 5.41) is 5.80. The number of carbonyl (C=O) groups is 2. The number of unbranched alkanes of at least 4 members (excludes halogenated alkanes) is 1. The lowest BCUT2D eigenvalue weighted by atomic mass is 9.93. The van der Waals surface area contributed by atoms with Gasteiger partial charge in [0.25, 0.3) is 0 Å². The second-order valence-electron chi connectivity index (χ2n) is 6.69. The highest BCUT2D eigenvalue weighted by Gasteiger charge is 2.36. The van der Waals surface area contributed by atoms with Crippen LogP contribution < -0.4 is 20.1 Å². The molecule has 8 heteroatoms. The first-order valence-corrected chi connectivity index (χ1v) is 9.63. The van der Waals surface area contributed by atoms with Crippen molar-refractivity contribution < 1.29 is 23.8 Å². The minimum absolute atomic E-state index is 0.263. The van der Waals surface area contributed by atoms with Crippen LogP contribution in [-0.4, -0.2) is 32.3 Å². The minimum atomic E-state index is -0.765. The minimum Gasteiger partial charge on any atom is -0.493 e. The molecule has 0 radical (unpaired) electrons. The van der Waals surface area contributed by atoms with E-state index in [1.54, 1.807) is 26.0 Å². The van der Waals surface area contributed by atoms with Gasteiger partial charge in [0.05, 0.1) is 37.0 Å². The van der Waals surface area contributed by atoms with E-state index in [1.165, 1.54) is 14.2 Å². The maximum atomic E-state index is 12.9. The number of methoxy groups -OCH3 is 2. The molecule has 0 aliphatic carbocycles. The van der Waals surface area contributed by atoms with E-state index in [1.807, 2.05) is 6.92 Å². The Balaban J connectivity index is 2.61. The summed E-state index contributed by atoms with van der Waals surface area (Å²) < 4.78 is 16.1. The fraction of sp³-hybridized carbons (Fsp3) is 0.500. The lowest BCUT2D eigenvalue weighted by Gasteiger charge is -2.30. The van der Waals surface area contributed by atoms with E-state index in [-0.39, 0.29) is 11.1 Å². The zero-order valence-electron chi connectivity index (χ0n) is 16.8. The molecular weight excluding hydrogens is 384 g/mol. The zero-order chi connectivity index (χ0) is 20.8. The first-order chi connectivity index (χ1) is 13.3. The lowest BCUT2D eigenvalue weighted by Crippen LogP contribution is -2.46. The van der Waals surface area contributed by atoms with Crippen molar-refractivity contribution in [2.24, 2.45) is 0 Å². The van der Waals surface area contributed by atoms with Gasteiger partial charge in [-0.05, 0) is 32.8 Å². The van der Waals surface area contributed by atoms with Gasteiger partial charge in [-0.2, -0.15) is 0 Å². The highest BCUT2D eigenvalue weighted by Crippen LogP contribution is 2.42. The summed E-state index contributed by atoms with van der Waals surface area (Å²) >= 11 is 6.55. The van der Waals surface area contributed by atoms with Crippen LogP contribution in [0.3, 0.4) is 0 Å². The molecular formula is C20H27ClN2O5. The monoisotopic (exact) mass is 410 g/mol. The highest BCUT2D eigenvalue weighted by molar-refractivity contribution is 6.33. The van der Waals surface area contributed by atoms with E-state index < -0.39 is 18.0 Å². The Hall–Kier alpha value is -2.41. The zero-order valence-corrected chi connectivity index (χ0v) is 17.6. The number of amides is 2. The maximum Gasteiger partial charge on any atom is 0.338 e. The molecule has 0 spiro atoms. The van der Waals surface area contributed by atoms with E-state index in [0.29, 0.717) is 34.8 Å². The highest BCUT2D eigenvalue weighted by atomic mass is 35.5. The number of ether oxygens (including phenoxy) is 3. The average Bonchev–Trinajstić information content (AvgIpc) is 2.64. The van der Waals surface area contributed by atoms with Crippen LogP contribution in [0.4, 0.5) is 4.79 Å². The van der Waals surface area contributed by atoms with Crippen LogP contribution in [0, 0.1) is 0 Å². The van der Waals surface area contributed by atoms with Crippen molar-refractivity contribution in [1.82, 2.24) is 10.6 Å². The van der Waals surface area contributed by atoms with Gasteiger partial charge in [0, 0.05) is 11.3 Å². The molecule has 1 aliphatic heterocycles. The molecule has 1 aliphatic rings. The SMILES string of the molecule is CCCCC1=C(C(=O)OC(C)C)C(c2ccc(OC)c(OC)c2Cl)NC(=O)N1. The molecule has 1 unspecified atom stereocenters. The number of hydrogen-bond donors (Lipinski definition) is 2. The van der Waals surface area contributed by atoms with Crippen molar-refractivity contribution in [3.63, 3.8) is 0 Å². The smallest absolute Gasteiger partial charge is 0.338 e. The Labute approximate surface area is 170 Å². The van der Waals surface area contributed by atoms with Crippen LogP contribution in [-0.2, 0) is 9.53 Å². The predicted octanol–water partition coefficient (Wildman–Crippen LogP) is 4.11. The summed E-state index contributed by atoms with van der Waals surface area (Å²) in [6, 6.07) is 2.23. The molecule has 1 aromatic carbocycles. The maximum absolute atomic E-state index is 12.9. The predicted molar refractivity (Wildman–Crippen MR) is 107 cm³/mol. The Bertz CT molecular complexity index is 776. The standard InChI is InChI=1S/C20H27ClN2O5/c1-6-7-8-13-15(19(24)28-11(2)3)17(23-20(25)22-13)12-9-10-14(26-4)18(27-5)16(12)21/h9-11,17H,6-8H2,1-5H3,(H2,22,23,25). The summed E-state index contributed by atoms with van der Waals surface area (Å²) in [6.07, 6.45) is 1.99. The number of rotatable bonds is 8. The first-order valence-electron chi connectivity index (χ1n) is 9.25. The molecule has 0 fully saturated rings. The van der Waals surface area contributed by atoms with Gasteiger partial charge in [-0.1, -0.05) is 31.0 Å². The molecule has 2 rings (SSSR count). The largest absolute Gasteiger partial charge is 0.493 e. The van der Waals surface area contributed by atoms with Gasteiger partial charge >= 0.3 is 12.0 Å². The number of urea groups is 1. The number of benzene rings is 1. The third-order valence-electron chi connectivity index (χ3n) is 4.32. The molecule has 0 aromatic heterocycles. The van der Waals surface area contributed by atoms with Crippen molar-refractivity contribution in [3.8, 4) is 11.5 Å². The second-order valence-corrected chi connectivity index (χ2v) is 7.06. The van der Waals surface area contributed by atoms with Crippen molar-refractivity contribution in [2.75, 3.05) is 14.2 Å². The Morgan fingerprint density at radius 3 is 2.54 bits per heavy atom. The second kappa shape index (κ2) is 9.68. The lowest BCUT2D eigenvalue weighted by molar-refractivity contribution is -0.143. The average molecular weight is 411 g/mol. The van der Waals surface area contributed by atoms with E-state index in [2.05, 4.69) is 10.6 Å². The van der Waals surface area contributed by atoms with E-state index in [0.717, 1.165) is 12.8 Å². The molecule has 0 saturated carbocycles. The number of halogens is 1. The number of hydrogen-bond acceptors (Lipinski definition) is 5. The number of esters is 1. The van der Waals surface area contributed by atoms with Gasteiger partial charge in [0.15, 0.2) is 11.5 Å². The molecule has 0 bridgehead atoms. The molecule has 154 valence electrons.